The Morgan fingerprint density at radius 1 is 1.12 bits per heavy atom. The van der Waals surface area contributed by atoms with Crippen molar-refractivity contribution in [3.05, 3.63) is 64.7 Å². The molecule has 0 bridgehead atoms. The van der Waals surface area contributed by atoms with E-state index >= 15 is 0 Å². The lowest BCUT2D eigenvalue weighted by Gasteiger charge is -2.09. The van der Waals surface area contributed by atoms with Crippen molar-refractivity contribution in [3.8, 4) is 5.75 Å². The molecular formula is C18H22Cl2N2O2. The van der Waals surface area contributed by atoms with Crippen LogP contribution < -0.4 is 15.4 Å². The lowest BCUT2D eigenvalue weighted by atomic mass is 10.2. The molecule has 0 aliphatic heterocycles. The van der Waals surface area contributed by atoms with E-state index in [-0.39, 0.29) is 18.3 Å². The summed E-state index contributed by atoms with van der Waals surface area (Å²) in [4.78, 5) is 12.1. The van der Waals surface area contributed by atoms with Crippen LogP contribution in [-0.4, -0.2) is 26.0 Å². The van der Waals surface area contributed by atoms with Crippen LogP contribution in [0.25, 0.3) is 0 Å². The Labute approximate surface area is 154 Å². The highest BCUT2D eigenvalue weighted by atomic mass is 35.5. The van der Waals surface area contributed by atoms with Crippen molar-refractivity contribution in [3.63, 3.8) is 0 Å². The van der Waals surface area contributed by atoms with Gasteiger partial charge in [0.1, 0.15) is 12.4 Å². The van der Waals surface area contributed by atoms with Gasteiger partial charge in [-0.1, -0.05) is 29.8 Å². The molecule has 2 aromatic rings. The molecular weight excluding hydrogens is 347 g/mol. The van der Waals surface area contributed by atoms with E-state index in [1.54, 1.807) is 12.1 Å². The van der Waals surface area contributed by atoms with Gasteiger partial charge in [-0.15, -0.1) is 12.4 Å². The van der Waals surface area contributed by atoms with Gasteiger partial charge in [0.2, 0.25) is 0 Å². The molecule has 24 heavy (non-hydrogen) atoms. The highest BCUT2D eigenvalue weighted by Crippen LogP contribution is 2.17. The molecule has 1 amide bonds. The van der Waals surface area contributed by atoms with Crippen LogP contribution in [0.5, 0.6) is 5.75 Å². The Morgan fingerprint density at radius 3 is 2.67 bits per heavy atom. The number of nitrogens with one attached hydrogen (secondary N) is 2. The molecule has 130 valence electrons. The zero-order valence-corrected chi connectivity index (χ0v) is 15.1. The van der Waals surface area contributed by atoms with Gasteiger partial charge in [0.25, 0.3) is 5.91 Å². The predicted octanol–water partition coefficient (Wildman–Crippen LogP) is 3.68. The number of hydrogen-bond acceptors (Lipinski definition) is 3. The maximum absolute atomic E-state index is 12.1. The Balaban J connectivity index is 0.00000288. The van der Waals surface area contributed by atoms with Gasteiger partial charge in [0.05, 0.1) is 0 Å². The molecule has 0 saturated carbocycles. The lowest BCUT2D eigenvalue weighted by Crippen LogP contribution is -2.26. The van der Waals surface area contributed by atoms with Crippen LogP contribution in [-0.2, 0) is 6.61 Å². The van der Waals surface area contributed by atoms with Crippen LogP contribution >= 0.6 is 24.0 Å². The largest absolute Gasteiger partial charge is 0.489 e. The highest BCUT2D eigenvalue weighted by Gasteiger charge is 2.06. The third-order valence-corrected chi connectivity index (χ3v) is 3.51. The molecule has 2 N–H and O–H groups in total. The molecule has 0 spiro atoms. The molecule has 0 atom stereocenters. The molecule has 4 nitrogen and oxygen atoms in total. The van der Waals surface area contributed by atoms with Gasteiger partial charge in [-0.2, -0.15) is 0 Å². The van der Waals surface area contributed by atoms with Gasteiger partial charge in [0.15, 0.2) is 0 Å². The molecule has 2 aromatic carbocycles. The molecule has 0 fully saturated rings. The summed E-state index contributed by atoms with van der Waals surface area (Å²) in [5.74, 6) is 0.571. The Kier molecular flexibility index (Phi) is 9.23. The fourth-order valence-corrected chi connectivity index (χ4v) is 2.30. The normalized spacial score (nSPS) is 9.92. The molecule has 0 aliphatic carbocycles. The average molecular weight is 369 g/mol. The van der Waals surface area contributed by atoms with E-state index in [1.165, 1.54) is 0 Å². The summed E-state index contributed by atoms with van der Waals surface area (Å²) in [6.07, 6.45) is 0.896. The molecule has 0 heterocycles. The fraction of sp³-hybridized carbons (Fsp3) is 0.278. The van der Waals surface area contributed by atoms with Crippen molar-refractivity contribution in [2.45, 2.75) is 13.0 Å². The SMILES string of the molecule is CNCCCNC(=O)c1cccc(OCc2cccc(Cl)c2)c1.Cl. The zero-order chi connectivity index (χ0) is 16.5. The summed E-state index contributed by atoms with van der Waals surface area (Å²) in [7, 11) is 1.89. The van der Waals surface area contributed by atoms with Gasteiger partial charge in [-0.05, 0) is 55.9 Å². The van der Waals surface area contributed by atoms with Crippen molar-refractivity contribution in [1.29, 1.82) is 0 Å². The first kappa shape index (κ1) is 20.3. The van der Waals surface area contributed by atoms with E-state index in [0.717, 1.165) is 18.5 Å². The number of benzene rings is 2. The summed E-state index contributed by atoms with van der Waals surface area (Å²) in [5, 5.41) is 6.62. The van der Waals surface area contributed by atoms with E-state index < -0.39 is 0 Å². The first-order valence-electron chi connectivity index (χ1n) is 7.59. The van der Waals surface area contributed by atoms with Crippen molar-refractivity contribution in [1.82, 2.24) is 10.6 Å². The number of hydrogen-bond donors (Lipinski definition) is 2. The molecule has 0 unspecified atom stereocenters. The molecule has 2 rings (SSSR count). The molecule has 0 aromatic heterocycles. The van der Waals surface area contributed by atoms with E-state index in [2.05, 4.69) is 10.6 Å². The van der Waals surface area contributed by atoms with Crippen LogP contribution in [0.3, 0.4) is 0 Å². The number of amides is 1. The Morgan fingerprint density at radius 2 is 1.92 bits per heavy atom. The minimum atomic E-state index is -0.0886. The second kappa shape index (κ2) is 10.9. The van der Waals surface area contributed by atoms with Crippen LogP contribution in [0.1, 0.15) is 22.3 Å². The van der Waals surface area contributed by atoms with Gasteiger partial charge in [0, 0.05) is 17.1 Å². The maximum atomic E-state index is 12.1. The number of carbonyl (C=O) groups excluding carboxylic acids is 1. The van der Waals surface area contributed by atoms with Crippen molar-refractivity contribution in [2.24, 2.45) is 0 Å². The van der Waals surface area contributed by atoms with Crippen LogP contribution in [0.15, 0.2) is 48.5 Å². The second-order valence-electron chi connectivity index (χ2n) is 5.16. The third-order valence-electron chi connectivity index (χ3n) is 3.28. The van der Waals surface area contributed by atoms with E-state index in [1.807, 2.05) is 43.4 Å². The van der Waals surface area contributed by atoms with E-state index in [9.17, 15) is 4.79 Å². The number of rotatable bonds is 8. The lowest BCUT2D eigenvalue weighted by molar-refractivity contribution is 0.0953. The van der Waals surface area contributed by atoms with E-state index in [4.69, 9.17) is 16.3 Å². The van der Waals surface area contributed by atoms with Crippen LogP contribution in [0, 0.1) is 0 Å². The summed E-state index contributed by atoms with van der Waals surface area (Å²) >= 11 is 5.95. The predicted molar refractivity (Wildman–Crippen MR) is 100 cm³/mol. The monoisotopic (exact) mass is 368 g/mol. The number of carbonyl (C=O) groups is 1. The average Bonchev–Trinajstić information content (AvgIpc) is 2.57. The standard InChI is InChI=1S/C18H21ClN2O2.ClH/c1-20-9-4-10-21-18(22)15-6-3-8-17(12-15)23-13-14-5-2-7-16(19)11-14;/h2-3,5-8,11-12,20H,4,9-10,13H2,1H3,(H,21,22);1H. The first-order valence-corrected chi connectivity index (χ1v) is 7.97. The highest BCUT2D eigenvalue weighted by molar-refractivity contribution is 6.30. The number of ether oxygens (including phenoxy) is 1. The zero-order valence-electron chi connectivity index (χ0n) is 13.5. The maximum Gasteiger partial charge on any atom is 0.251 e. The van der Waals surface area contributed by atoms with Crippen molar-refractivity contribution in [2.75, 3.05) is 20.1 Å². The summed E-state index contributed by atoms with van der Waals surface area (Å²) in [6, 6.07) is 14.7. The second-order valence-corrected chi connectivity index (χ2v) is 5.60. The van der Waals surface area contributed by atoms with Gasteiger partial charge >= 0.3 is 0 Å². The topological polar surface area (TPSA) is 50.4 Å². The van der Waals surface area contributed by atoms with Crippen molar-refractivity contribution < 1.29 is 9.53 Å². The summed E-state index contributed by atoms with van der Waals surface area (Å²) in [6.45, 7) is 1.93. The molecule has 6 heteroatoms. The molecule has 0 aliphatic rings. The molecule has 0 radical (unpaired) electrons. The van der Waals surface area contributed by atoms with Gasteiger partial charge in [-0.25, -0.2) is 0 Å². The van der Waals surface area contributed by atoms with Crippen molar-refractivity contribution >= 4 is 29.9 Å². The summed E-state index contributed by atoms with van der Waals surface area (Å²) in [5.41, 5.74) is 1.58. The van der Waals surface area contributed by atoms with Crippen LogP contribution in [0.2, 0.25) is 5.02 Å². The fourth-order valence-electron chi connectivity index (χ4n) is 2.09. The molecule has 0 saturated heterocycles. The quantitative estimate of drug-likeness (QED) is 0.698. The minimum Gasteiger partial charge on any atom is -0.489 e. The van der Waals surface area contributed by atoms with Gasteiger partial charge in [-0.3, -0.25) is 4.79 Å². The Bertz CT molecular complexity index is 650. The van der Waals surface area contributed by atoms with E-state index in [0.29, 0.717) is 29.5 Å². The third kappa shape index (κ3) is 6.79. The smallest absolute Gasteiger partial charge is 0.251 e. The van der Waals surface area contributed by atoms with Crippen LogP contribution in [0.4, 0.5) is 0 Å². The van der Waals surface area contributed by atoms with Gasteiger partial charge < -0.3 is 15.4 Å². The number of halogens is 2. The minimum absolute atomic E-state index is 0. The first-order chi connectivity index (χ1) is 11.2. The summed E-state index contributed by atoms with van der Waals surface area (Å²) < 4.78 is 5.73. The Hall–Kier alpha value is -1.75.